The summed E-state index contributed by atoms with van der Waals surface area (Å²) in [5, 5.41) is 9.75. The lowest BCUT2D eigenvalue weighted by Gasteiger charge is -2.03. The second-order valence-electron chi connectivity index (χ2n) is 5.48. The summed E-state index contributed by atoms with van der Waals surface area (Å²) in [6.07, 6.45) is 3.67. The van der Waals surface area contributed by atoms with E-state index in [9.17, 15) is 9.59 Å². The molecule has 0 fully saturated rings. The second-order valence-corrected chi connectivity index (χ2v) is 6.01. The Hall–Kier alpha value is -1.30. The Bertz CT molecular complexity index is 337. The number of hydrogen-bond acceptors (Lipinski definition) is 8. The smallest absolute Gasteiger partial charge is 0.300 e. The Morgan fingerprint density at radius 1 is 0.793 bits per heavy atom. The van der Waals surface area contributed by atoms with Crippen molar-refractivity contribution < 1.29 is 29.0 Å². The lowest BCUT2D eigenvalue weighted by molar-refractivity contribution is -0.134. The van der Waals surface area contributed by atoms with Gasteiger partial charge in [-0.05, 0) is 56.9 Å². The van der Waals surface area contributed by atoms with E-state index in [1.807, 2.05) is 0 Å². The maximum absolute atomic E-state index is 10.4. The van der Waals surface area contributed by atoms with Gasteiger partial charge in [0.05, 0.1) is 0 Å². The molecule has 8 N–H and O–H groups in total. The predicted octanol–water partition coefficient (Wildman–Crippen LogP) is 0.441. The maximum Gasteiger partial charge on any atom is 0.300 e. The number of carboxylic acid groups (broad SMARTS) is 1. The van der Waals surface area contributed by atoms with Gasteiger partial charge in [-0.3, -0.25) is 14.4 Å². The summed E-state index contributed by atoms with van der Waals surface area (Å²) < 4.78 is 10.4. The van der Waals surface area contributed by atoms with Crippen molar-refractivity contribution in [3.05, 3.63) is 0 Å². The van der Waals surface area contributed by atoms with E-state index in [4.69, 9.17) is 36.6 Å². The number of carboxylic acids is 1. The summed E-state index contributed by atoms with van der Waals surface area (Å²) in [7, 11) is 0. The molecule has 0 radical (unpaired) electrons. The fourth-order valence-electron chi connectivity index (χ4n) is 1.20. The first kappa shape index (κ1) is 35.2. The van der Waals surface area contributed by atoms with Crippen LogP contribution < -0.4 is 22.5 Å². The molecule has 29 heavy (non-hydrogen) atoms. The summed E-state index contributed by atoms with van der Waals surface area (Å²) >= 11 is 4.64. The molecular formula is C18H41ClN4O6. The van der Waals surface area contributed by atoms with Gasteiger partial charge in [-0.15, -0.1) is 0 Å². The highest BCUT2D eigenvalue weighted by molar-refractivity contribution is 6.62. The molecule has 0 atom stereocenters. The van der Waals surface area contributed by atoms with E-state index < -0.39 is 5.97 Å². The third kappa shape index (κ3) is 86.8. The normalized spacial score (nSPS) is 8.93. The van der Waals surface area contributed by atoms with E-state index >= 15 is 0 Å². The van der Waals surface area contributed by atoms with Crippen LogP contribution in [0.2, 0.25) is 0 Å². The Morgan fingerprint density at radius 2 is 1.07 bits per heavy atom. The molecule has 0 aliphatic heterocycles. The standard InChI is InChI=1S/C8H18N2O2.C6H16N2O.C2H3ClO.C2H4O2/c1-8(11)10-5-3-7-12-6-2-4-9;7-3-1-5-9-6-2-4-8;2*1-2(3)4/h2-7,9H2,1H3,(H,10,11);1-8H2;1H3;1H3,(H,3,4). The van der Waals surface area contributed by atoms with Crippen molar-refractivity contribution in [1.29, 1.82) is 0 Å². The van der Waals surface area contributed by atoms with Gasteiger partial charge < -0.3 is 37.1 Å². The number of carbonyl (C=O) groups is 3. The Kier molecular flexibility index (Phi) is 41.5. The van der Waals surface area contributed by atoms with Crippen LogP contribution in [-0.2, 0) is 23.9 Å². The number of nitrogens with one attached hydrogen (secondary N) is 1. The summed E-state index contributed by atoms with van der Waals surface area (Å²) in [6, 6.07) is 0. The molecule has 0 aliphatic rings. The van der Waals surface area contributed by atoms with Crippen LogP contribution in [0.3, 0.4) is 0 Å². The molecule has 0 aromatic carbocycles. The summed E-state index contributed by atoms with van der Waals surface area (Å²) in [5.74, 6) is -0.822. The average molecular weight is 445 g/mol. The first-order chi connectivity index (χ1) is 13.6. The number of halogens is 1. The van der Waals surface area contributed by atoms with Gasteiger partial charge >= 0.3 is 0 Å². The van der Waals surface area contributed by atoms with Gasteiger partial charge in [0.25, 0.3) is 5.97 Å². The highest BCUT2D eigenvalue weighted by Crippen LogP contribution is 1.83. The number of aliphatic carboxylic acids is 1. The SMILES string of the molecule is CC(=O)Cl.CC(=O)NCCCOCCCN.CC(=O)O.NCCCOCCCN. The largest absolute Gasteiger partial charge is 0.481 e. The van der Waals surface area contributed by atoms with Crippen LogP contribution in [0.1, 0.15) is 46.5 Å². The van der Waals surface area contributed by atoms with Crippen molar-refractivity contribution >= 4 is 28.7 Å². The minimum atomic E-state index is -0.833. The third-order valence-corrected chi connectivity index (χ3v) is 2.32. The van der Waals surface area contributed by atoms with Crippen molar-refractivity contribution in [3.8, 4) is 0 Å². The molecule has 1 amide bonds. The molecule has 0 aromatic heterocycles. The highest BCUT2D eigenvalue weighted by atomic mass is 35.5. The number of rotatable bonds is 13. The fourth-order valence-corrected chi connectivity index (χ4v) is 1.20. The van der Waals surface area contributed by atoms with Gasteiger partial charge in [0, 0.05) is 53.7 Å². The van der Waals surface area contributed by atoms with E-state index in [2.05, 4.69) is 16.9 Å². The molecule has 0 saturated heterocycles. The molecule has 11 heteroatoms. The van der Waals surface area contributed by atoms with Gasteiger partial charge in [-0.2, -0.15) is 0 Å². The van der Waals surface area contributed by atoms with Gasteiger partial charge in [0.2, 0.25) is 11.1 Å². The third-order valence-electron chi connectivity index (χ3n) is 2.32. The monoisotopic (exact) mass is 444 g/mol. The van der Waals surface area contributed by atoms with Gasteiger partial charge in [0.15, 0.2) is 0 Å². The number of hydrogen-bond donors (Lipinski definition) is 5. The van der Waals surface area contributed by atoms with E-state index in [0.29, 0.717) is 32.8 Å². The van der Waals surface area contributed by atoms with Crippen LogP contribution in [0, 0.1) is 0 Å². The lowest BCUT2D eigenvalue weighted by atomic mass is 10.4. The Labute approximate surface area is 179 Å². The molecule has 10 nitrogen and oxygen atoms in total. The molecule has 0 unspecified atom stereocenters. The number of amides is 1. The maximum atomic E-state index is 10.4. The number of ether oxygens (including phenoxy) is 2. The number of nitrogens with two attached hydrogens (primary N) is 3. The van der Waals surface area contributed by atoms with E-state index in [1.54, 1.807) is 0 Å². The lowest BCUT2D eigenvalue weighted by Crippen LogP contribution is -2.22. The quantitative estimate of drug-likeness (QED) is 0.199. The highest BCUT2D eigenvalue weighted by Gasteiger charge is 1.90. The summed E-state index contributed by atoms with van der Waals surface area (Å²) in [5.41, 5.74) is 15.7. The van der Waals surface area contributed by atoms with Crippen LogP contribution in [-0.4, -0.2) is 74.8 Å². The molecule has 176 valence electrons. The van der Waals surface area contributed by atoms with Crippen molar-refractivity contribution in [1.82, 2.24) is 5.32 Å². The zero-order chi connectivity index (χ0) is 23.3. The molecule has 0 aliphatic carbocycles. The minimum Gasteiger partial charge on any atom is -0.481 e. The van der Waals surface area contributed by atoms with Gasteiger partial charge in [-0.1, -0.05) is 0 Å². The van der Waals surface area contributed by atoms with Gasteiger partial charge in [0.1, 0.15) is 0 Å². The molecule has 0 aromatic rings. The average Bonchev–Trinajstić information content (AvgIpc) is 2.60. The molecule has 0 rings (SSSR count). The van der Waals surface area contributed by atoms with Crippen LogP contribution in [0.5, 0.6) is 0 Å². The summed E-state index contributed by atoms with van der Waals surface area (Å²) in [4.78, 5) is 28.6. The molecule has 0 heterocycles. The van der Waals surface area contributed by atoms with Crippen molar-refractivity contribution in [2.45, 2.75) is 46.5 Å². The van der Waals surface area contributed by atoms with Crippen LogP contribution in [0.25, 0.3) is 0 Å². The van der Waals surface area contributed by atoms with Crippen molar-refractivity contribution in [2.24, 2.45) is 17.2 Å². The zero-order valence-corrected chi connectivity index (χ0v) is 18.8. The Balaban J connectivity index is -0.000000161. The van der Waals surface area contributed by atoms with E-state index in [-0.39, 0.29) is 11.1 Å². The molecule has 0 bridgehead atoms. The van der Waals surface area contributed by atoms with Crippen LogP contribution >= 0.6 is 11.6 Å². The Morgan fingerprint density at radius 3 is 1.31 bits per heavy atom. The molecule has 0 saturated carbocycles. The number of carbonyl (C=O) groups excluding carboxylic acids is 2. The molecular weight excluding hydrogens is 404 g/mol. The minimum absolute atomic E-state index is 0.0111. The van der Waals surface area contributed by atoms with Crippen molar-refractivity contribution in [3.63, 3.8) is 0 Å². The zero-order valence-electron chi connectivity index (χ0n) is 18.1. The second kappa shape index (κ2) is 34.2. The van der Waals surface area contributed by atoms with Crippen LogP contribution in [0.4, 0.5) is 0 Å². The first-order valence-electron chi connectivity index (χ1n) is 9.51. The first-order valence-corrected chi connectivity index (χ1v) is 9.89. The topological polar surface area (TPSA) is 180 Å². The van der Waals surface area contributed by atoms with Gasteiger partial charge in [-0.25, -0.2) is 0 Å². The predicted molar refractivity (Wildman–Crippen MR) is 116 cm³/mol. The summed E-state index contributed by atoms with van der Waals surface area (Å²) in [6.45, 7) is 9.63. The van der Waals surface area contributed by atoms with Crippen molar-refractivity contribution in [2.75, 3.05) is 52.6 Å². The van der Waals surface area contributed by atoms with E-state index in [1.165, 1.54) is 13.8 Å². The van der Waals surface area contributed by atoms with E-state index in [0.717, 1.165) is 52.4 Å². The molecule has 0 spiro atoms. The fraction of sp³-hybridized carbons (Fsp3) is 0.833. The van der Waals surface area contributed by atoms with Crippen LogP contribution in [0.15, 0.2) is 0 Å².